The van der Waals surface area contributed by atoms with E-state index >= 15 is 0 Å². The van der Waals surface area contributed by atoms with Crippen molar-refractivity contribution in [2.45, 2.75) is 25.4 Å². The number of carbonyl (C=O) groups excluding carboxylic acids is 1. The molecule has 1 atom stereocenters. The summed E-state index contributed by atoms with van der Waals surface area (Å²) in [5, 5.41) is 2.74. The average molecular weight is 412 g/mol. The Morgan fingerprint density at radius 1 is 1.13 bits per heavy atom. The lowest BCUT2D eigenvalue weighted by atomic mass is 9.93. The van der Waals surface area contributed by atoms with E-state index in [2.05, 4.69) is 15.3 Å². The Morgan fingerprint density at radius 2 is 1.97 bits per heavy atom. The average Bonchev–Trinajstić information content (AvgIpc) is 2.74. The first-order valence-corrected chi connectivity index (χ1v) is 9.51. The first-order valence-electron chi connectivity index (χ1n) is 9.51. The van der Waals surface area contributed by atoms with Crippen molar-refractivity contribution in [1.82, 2.24) is 9.97 Å². The third-order valence-corrected chi connectivity index (χ3v) is 5.11. The van der Waals surface area contributed by atoms with Crippen LogP contribution in [-0.2, 0) is 6.18 Å². The highest BCUT2D eigenvalue weighted by Gasteiger charge is 2.31. The van der Waals surface area contributed by atoms with Crippen LogP contribution in [-0.4, -0.2) is 22.5 Å². The molecule has 1 aromatic carbocycles. The summed E-state index contributed by atoms with van der Waals surface area (Å²) in [7, 11) is 0. The lowest BCUT2D eigenvalue weighted by molar-refractivity contribution is -0.137. The summed E-state index contributed by atoms with van der Waals surface area (Å²) >= 11 is 0. The van der Waals surface area contributed by atoms with Crippen LogP contribution >= 0.6 is 0 Å². The number of amides is 2. The molecule has 5 nitrogen and oxygen atoms in total. The van der Waals surface area contributed by atoms with Gasteiger partial charge in [0.15, 0.2) is 0 Å². The predicted octanol–water partition coefficient (Wildman–Crippen LogP) is 5.71. The summed E-state index contributed by atoms with van der Waals surface area (Å²) in [6.45, 7) is 2.49. The number of benzene rings is 1. The molecule has 154 valence electrons. The van der Waals surface area contributed by atoms with Gasteiger partial charge in [0.1, 0.15) is 11.6 Å². The maximum absolute atomic E-state index is 13.1. The van der Waals surface area contributed by atoms with E-state index in [0.717, 1.165) is 24.1 Å². The molecule has 0 fully saturated rings. The van der Waals surface area contributed by atoms with Crippen LogP contribution in [0.2, 0.25) is 0 Å². The van der Waals surface area contributed by atoms with Gasteiger partial charge in [0.2, 0.25) is 0 Å². The number of alkyl halides is 3. The molecular formula is C22H19F3N4O. The van der Waals surface area contributed by atoms with Gasteiger partial charge in [-0.1, -0.05) is 31.2 Å². The van der Waals surface area contributed by atoms with Crippen LogP contribution in [0.4, 0.5) is 29.6 Å². The van der Waals surface area contributed by atoms with Crippen molar-refractivity contribution in [3.8, 4) is 11.3 Å². The lowest BCUT2D eigenvalue weighted by Crippen LogP contribution is -2.40. The van der Waals surface area contributed by atoms with Crippen molar-refractivity contribution in [3.05, 3.63) is 71.9 Å². The monoisotopic (exact) mass is 412 g/mol. The lowest BCUT2D eigenvalue weighted by Gasteiger charge is -2.32. The quantitative estimate of drug-likeness (QED) is 0.587. The molecule has 1 N–H and O–H groups in total. The zero-order valence-corrected chi connectivity index (χ0v) is 16.1. The normalized spacial score (nSPS) is 16.1. The Hall–Kier alpha value is -3.42. The summed E-state index contributed by atoms with van der Waals surface area (Å²) in [4.78, 5) is 23.0. The van der Waals surface area contributed by atoms with Gasteiger partial charge in [-0.15, -0.1) is 0 Å². The molecule has 4 rings (SSSR count). The van der Waals surface area contributed by atoms with Crippen molar-refractivity contribution in [2.75, 3.05) is 16.8 Å². The SMILES string of the molecule is CC1CCN(C(=O)Nc2ccccn2)c2nc(-c3cccc(C(F)(F)F)c3)ccc21. The topological polar surface area (TPSA) is 58.1 Å². The van der Waals surface area contributed by atoms with E-state index in [1.54, 1.807) is 36.5 Å². The number of hydrogen-bond acceptors (Lipinski definition) is 3. The molecule has 8 heteroatoms. The molecule has 1 aliphatic heterocycles. The number of nitrogens with zero attached hydrogens (tertiary/aromatic N) is 3. The van der Waals surface area contributed by atoms with Crippen LogP contribution in [0.3, 0.4) is 0 Å². The fraction of sp³-hybridized carbons (Fsp3) is 0.227. The predicted molar refractivity (Wildman–Crippen MR) is 108 cm³/mol. The second-order valence-corrected chi connectivity index (χ2v) is 7.17. The molecule has 0 aliphatic carbocycles. The molecule has 3 aromatic rings. The second kappa shape index (κ2) is 7.78. The fourth-order valence-electron chi connectivity index (χ4n) is 3.47. The van der Waals surface area contributed by atoms with E-state index in [0.29, 0.717) is 29.4 Å². The molecule has 0 spiro atoms. The minimum Gasteiger partial charge on any atom is -0.292 e. The number of nitrogens with one attached hydrogen (secondary N) is 1. The van der Waals surface area contributed by atoms with Gasteiger partial charge in [-0.3, -0.25) is 10.2 Å². The number of hydrogen-bond donors (Lipinski definition) is 1. The molecule has 1 aliphatic rings. The van der Waals surface area contributed by atoms with E-state index in [1.165, 1.54) is 11.0 Å². The Balaban J connectivity index is 1.70. The molecule has 3 heterocycles. The van der Waals surface area contributed by atoms with Gasteiger partial charge in [-0.2, -0.15) is 13.2 Å². The zero-order valence-electron chi connectivity index (χ0n) is 16.1. The summed E-state index contributed by atoms with van der Waals surface area (Å²) in [6.07, 6.45) is -2.10. The van der Waals surface area contributed by atoms with Gasteiger partial charge in [-0.05, 0) is 48.2 Å². The first-order chi connectivity index (χ1) is 14.3. The van der Waals surface area contributed by atoms with Crippen molar-refractivity contribution >= 4 is 17.7 Å². The van der Waals surface area contributed by atoms with Crippen LogP contribution in [0.5, 0.6) is 0 Å². The fourth-order valence-corrected chi connectivity index (χ4v) is 3.47. The third-order valence-electron chi connectivity index (χ3n) is 5.11. The Kier molecular flexibility index (Phi) is 5.15. The number of aromatic nitrogens is 2. The summed E-state index contributed by atoms with van der Waals surface area (Å²) < 4.78 is 39.3. The van der Waals surface area contributed by atoms with Gasteiger partial charge in [0, 0.05) is 18.3 Å². The summed E-state index contributed by atoms with van der Waals surface area (Å²) in [6, 6.07) is 13.4. The standard InChI is InChI=1S/C22H19F3N4O/c1-14-10-12-29(21(30)28-19-7-2-3-11-26-19)20-17(14)8-9-18(27-20)15-5-4-6-16(13-15)22(23,24)25/h2-9,11,13-14H,10,12H2,1H3,(H,26,28,30). The number of carbonyl (C=O) groups is 1. The Labute approximate surface area is 171 Å². The number of anilines is 2. The minimum absolute atomic E-state index is 0.182. The molecule has 2 amide bonds. The molecule has 0 radical (unpaired) electrons. The maximum Gasteiger partial charge on any atom is 0.416 e. The zero-order chi connectivity index (χ0) is 21.3. The third kappa shape index (κ3) is 3.98. The Morgan fingerprint density at radius 3 is 2.70 bits per heavy atom. The molecule has 1 unspecified atom stereocenters. The van der Waals surface area contributed by atoms with Crippen LogP contribution in [0.25, 0.3) is 11.3 Å². The van der Waals surface area contributed by atoms with Gasteiger partial charge in [0.25, 0.3) is 0 Å². The van der Waals surface area contributed by atoms with Crippen LogP contribution < -0.4 is 10.2 Å². The maximum atomic E-state index is 13.1. The summed E-state index contributed by atoms with van der Waals surface area (Å²) in [5.74, 6) is 1.05. The van der Waals surface area contributed by atoms with Gasteiger partial charge >= 0.3 is 12.2 Å². The molecule has 0 saturated carbocycles. The van der Waals surface area contributed by atoms with Gasteiger partial charge in [0.05, 0.1) is 11.3 Å². The molecule has 0 bridgehead atoms. The molecular weight excluding hydrogens is 393 g/mol. The number of urea groups is 1. The van der Waals surface area contributed by atoms with E-state index in [9.17, 15) is 18.0 Å². The van der Waals surface area contributed by atoms with Gasteiger partial charge < -0.3 is 0 Å². The number of fused-ring (bicyclic) bond motifs is 1. The summed E-state index contributed by atoms with van der Waals surface area (Å²) in [5.41, 5.74) is 0.867. The van der Waals surface area contributed by atoms with Gasteiger partial charge in [-0.25, -0.2) is 14.8 Å². The van der Waals surface area contributed by atoms with E-state index in [4.69, 9.17) is 0 Å². The van der Waals surface area contributed by atoms with Crippen LogP contribution in [0.15, 0.2) is 60.8 Å². The molecule has 0 saturated heterocycles. The van der Waals surface area contributed by atoms with E-state index in [-0.39, 0.29) is 11.9 Å². The number of pyridine rings is 2. The van der Waals surface area contributed by atoms with Crippen molar-refractivity contribution < 1.29 is 18.0 Å². The van der Waals surface area contributed by atoms with Crippen molar-refractivity contribution in [2.24, 2.45) is 0 Å². The van der Waals surface area contributed by atoms with Crippen LogP contribution in [0, 0.1) is 0 Å². The Bertz CT molecular complexity index is 1070. The highest BCUT2D eigenvalue weighted by atomic mass is 19.4. The first kappa shape index (κ1) is 19.9. The largest absolute Gasteiger partial charge is 0.416 e. The highest BCUT2D eigenvalue weighted by molar-refractivity contribution is 6.01. The molecule has 2 aromatic heterocycles. The van der Waals surface area contributed by atoms with Crippen molar-refractivity contribution in [1.29, 1.82) is 0 Å². The van der Waals surface area contributed by atoms with E-state index in [1.807, 2.05) is 13.0 Å². The molecule has 30 heavy (non-hydrogen) atoms. The van der Waals surface area contributed by atoms with E-state index < -0.39 is 11.7 Å². The number of rotatable bonds is 2. The van der Waals surface area contributed by atoms with Crippen LogP contribution in [0.1, 0.15) is 30.4 Å². The second-order valence-electron chi connectivity index (χ2n) is 7.17. The highest BCUT2D eigenvalue weighted by Crippen LogP contribution is 2.37. The smallest absolute Gasteiger partial charge is 0.292 e. The minimum atomic E-state index is -4.44. The van der Waals surface area contributed by atoms with Crippen molar-refractivity contribution in [3.63, 3.8) is 0 Å². The number of halogens is 3.